The Morgan fingerprint density at radius 2 is 2.23 bits per heavy atom. The maximum absolute atomic E-state index is 11.3. The number of anilines is 1. The van der Waals surface area contributed by atoms with Crippen molar-refractivity contribution in [3.8, 4) is 0 Å². The van der Waals surface area contributed by atoms with Crippen molar-refractivity contribution in [1.82, 2.24) is 4.98 Å². The Morgan fingerprint density at radius 3 is 3.00 bits per heavy atom. The largest absolute Gasteiger partial charge is 0.466 e. The van der Waals surface area contributed by atoms with Crippen LogP contribution in [0.4, 0.5) is 5.13 Å². The van der Waals surface area contributed by atoms with Crippen molar-refractivity contribution in [3.63, 3.8) is 0 Å². The molecule has 0 spiro atoms. The first kappa shape index (κ1) is 16.2. The van der Waals surface area contributed by atoms with E-state index in [-0.39, 0.29) is 12.4 Å². The molecule has 2 aromatic rings. The molecule has 1 N–H and O–H groups in total. The highest BCUT2D eigenvalue weighted by Crippen LogP contribution is 2.15. The summed E-state index contributed by atoms with van der Waals surface area (Å²) in [6.45, 7) is 2.18. The minimum Gasteiger partial charge on any atom is -0.466 e. The maximum Gasteiger partial charge on any atom is 0.311 e. The van der Waals surface area contributed by atoms with Gasteiger partial charge in [0.1, 0.15) is 0 Å². The van der Waals surface area contributed by atoms with Gasteiger partial charge in [-0.1, -0.05) is 30.3 Å². The number of rotatable bonds is 8. The quantitative estimate of drug-likeness (QED) is 0.461. The fraction of sp³-hybridized carbons (Fsp3) is 0.312. The lowest BCUT2D eigenvalue weighted by Crippen LogP contribution is -2.07. The lowest BCUT2D eigenvalue weighted by atomic mass is 10.1. The third-order valence-electron chi connectivity index (χ3n) is 2.84. The molecule has 22 heavy (non-hydrogen) atoms. The number of nitrogens with zero attached hydrogens (tertiary/aromatic N) is 2. The first-order valence-electron chi connectivity index (χ1n) is 7.19. The second-order valence-corrected chi connectivity index (χ2v) is 5.43. The van der Waals surface area contributed by atoms with Crippen LogP contribution in [0.3, 0.4) is 0 Å². The van der Waals surface area contributed by atoms with Crippen LogP contribution in [0, 0.1) is 0 Å². The highest BCUT2D eigenvalue weighted by molar-refractivity contribution is 7.13. The monoisotopic (exact) mass is 317 g/mol. The Balaban J connectivity index is 1.71. The molecule has 0 aliphatic rings. The van der Waals surface area contributed by atoms with Gasteiger partial charge in [0.15, 0.2) is 0 Å². The molecule has 0 bridgehead atoms. The number of hydrogen-bond donors (Lipinski definition) is 1. The van der Waals surface area contributed by atoms with E-state index in [9.17, 15) is 4.79 Å². The summed E-state index contributed by atoms with van der Waals surface area (Å²) in [5, 5.41) is 6.65. The van der Waals surface area contributed by atoms with E-state index in [1.54, 1.807) is 6.92 Å². The number of hydrazone groups is 1. The molecule has 0 unspecified atom stereocenters. The molecule has 116 valence electrons. The molecule has 0 aliphatic carbocycles. The second kappa shape index (κ2) is 8.94. The topological polar surface area (TPSA) is 63.6 Å². The molecule has 0 saturated heterocycles. The van der Waals surface area contributed by atoms with Crippen LogP contribution in [0.2, 0.25) is 0 Å². The molecule has 6 heteroatoms. The van der Waals surface area contributed by atoms with Gasteiger partial charge in [-0.3, -0.25) is 10.2 Å². The standard InChI is InChI=1S/C16H19N3O2S/c1-2-21-15(20)11-14-12-22-16(18-14)19-17-10-6-9-13-7-4-3-5-8-13/h3-5,7-8,10,12H,2,6,9,11H2,1H3,(H,18,19)/b17-10-. The molecular weight excluding hydrogens is 298 g/mol. The van der Waals surface area contributed by atoms with Crippen molar-refractivity contribution in [2.45, 2.75) is 26.2 Å². The number of hydrogen-bond acceptors (Lipinski definition) is 6. The predicted octanol–water partition coefficient (Wildman–Crippen LogP) is 3.28. The summed E-state index contributed by atoms with van der Waals surface area (Å²) in [6.07, 6.45) is 3.85. The van der Waals surface area contributed by atoms with Crippen molar-refractivity contribution >= 4 is 28.7 Å². The summed E-state index contributed by atoms with van der Waals surface area (Å²) in [7, 11) is 0. The van der Waals surface area contributed by atoms with Crippen LogP contribution in [-0.2, 0) is 22.4 Å². The third kappa shape index (κ3) is 5.65. The molecule has 2 rings (SSSR count). The fourth-order valence-corrected chi connectivity index (χ4v) is 2.50. The van der Waals surface area contributed by atoms with E-state index >= 15 is 0 Å². The molecule has 0 fully saturated rings. The average molecular weight is 317 g/mol. The van der Waals surface area contributed by atoms with Gasteiger partial charge in [0.05, 0.1) is 18.7 Å². The molecule has 5 nitrogen and oxygen atoms in total. The number of aromatic nitrogens is 1. The van der Waals surface area contributed by atoms with Crippen molar-refractivity contribution in [2.24, 2.45) is 5.10 Å². The Hall–Kier alpha value is -2.21. The average Bonchev–Trinajstić information content (AvgIpc) is 2.95. The van der Waals surface area contributed by atoms with Crippen LogP contribution in [0.5, 0.6) is 0 Å². The number of esters is 1. The van der Waals surface area contributed by atoms with Gasteiger partial charge in [-0.05, 0) is 25.3 Å². The van der Waals surface area contributed by atoms with Crippen molar-refractivity contribution in [1.29, 1.82) is 0 Å². The molecular formula is C16H19N3O2S. The number of nitrogens with one attached hydrogen (secondary N) is 1. The first-order valence-corrected chi connectivity index (χ1v) is 8.07. The lowest BCUT2D eigenvalue weighted by molar-refractivity contribution is -0.142. The molecule has 0 radical (unpaired) electrons. The predicted molar refractivity (Wildman–Crippen MR) is 89.3 cm³/mol. The smallest absolute Gasteiger partial charge is 0.311 e. The second-order valence-electron chi connectivity index (χ2n) is 4.57. The van der Waals surface area contributed by atoms with Gasteiger partial charge in [-0.2, -0.15) is 5.10 Å². The van der Waals surface area contributed by atoms with Crippen LogP contribution in [0.1, 0.15) is 24.6 Å². The molecule has 0 aliphatic heterocycles. The van der Waals surface area contributed by atoms with Crippen molar-refractivity contribution < 1.29 is 9.53 Å². The summed E-state index contributed by atoms with van der Waals surface area (Å²) in [5.41, 5.74) is 4.87. The number of carbonyl (C=O) groups is 1. The first-order chi connectivity index (χ1) is 10.8. The van der Waals surface area contributed by atoms with Crippen LogP contribution >= 0.6 is 11.3 Å². The molecule has 1 aromatic carbocycles. The molecule has 1 heterocycles. The van der Waals surface area contributed by atoms with Gasteiger partial charge in [0.25, 0.3) is 0 Å². The van der Waals surface area contributed by atoms with Crippen LogP contribution < -0.4 is 5.43 Å². The van der Waals surface area contributed by atoms with E-state index in [2.05, 4.69) is 27.6 Å². The number of thiazole rings is 1. The minimum absolute atomic E-state index is 0.198. The maximum atomic E-state index is 11.3. The van der Waals surface area contributed by atoms with E-state index in [0.717, 1.165) is 12.8 Å². The fourth-order valence-electron chi connectivity index (χ4n) is 1.84. The highest BCUT2D eigenvalue weighted by atomic mass is 32.1. The van der Waals surface area contributed by atoms with E-state index in [0.29, 0.717) is 17.4 Å². The van der Waals surface area contributed by atoms with E-state index in [1.165, 1.54) is 16.9 Å². The van der Waals surface area contributed by atoms with Gasteiger partial charge in [-0.25, -0.2) is 4.98 Å². The number of carbonyl (C=O) groups excluding carboxylic acids is 1. The number of ether oxygens (including phenoxy) is 1. The van der Waals surface area contributed by atoms with Gasteiger partial charge in [0, 0.05) is 11.6 Å². The zero-order valence-electron chi connectivity index (χ0n) is 12.5. The summed E-state index contributed by atoms with van der Waals surface area (Å²) in [6, 6.07) is 10.3. The number of aryl methyl sites for hydroxylation is 1. The van der Waals surface area contributed by atoms with Crippen LogP contribution in [0.25, 0.3) is 0 Å². The summed E-state index contributed by atoms with van der Waals surface area (Å²) < 4.78 is 4.89. The Morgan fingerprint density at radius 1 is 1.41 bits per heavy atom. The number of benzene rings is 1. The zero-order chi connectivity index (χ0) is 15.6. The van der Waals surface area contributed by atoms with E-state index < -0.39 is 0 Å². The van der Waals surface area contributed by atoms with Gasteiger partial charge >= 0.3 is 5.97 Å². The van der Waals surface area contributed by atoms with Crippen molar-refractivity contribution in [3.05, 3.63) is 47.0 Å². The Kier molecular flexibility index (Phi) is 6.57. The Labute approximate surface area is 134 Å². The minimum atomic E-state index is -0.259. The van der Waals surface area contributed by atoms with E-state index in [1.807, 2.05) is 29.8 Å². The van der Waals surface area contributed by atoms with Crippen LogP contribution in [-0.4, -0.2) is 23.8 Å². The van der Waals surface area contributed by atoms with Gasteiger partial charge in [0.2, 0.25) is 5.13 Å². The van der Waals surface area contributed by atoms with Crippen molar-refractivity contribution in [2.75, 3.05) is 12.0 Å². The lowest BCUT2D eigenvalue weighted by Gasteiger charge is -1.98. The summed E-state index contributed by atoms with van der Waals surface area (Å²) in [4.78, 5) is 15.6. The van der Waals surface area contributed by atoms with Gasteiger partial charge in [-0.15, -0.1) is 11.3 Å². The zero-order valence-corrected chi connectivity index (χ0v) is 13.3. The normalized spacial score (nSPS) is 10.8. The molecule has 0 saturated carbocycles. The van der Waals surface area contributed by atoms with E-state index in [4.69, 9.17) is 4.74 Å². The summed E-state index contributed by atoms with van der Waals surface area (Å²) >= 11 is 1.42. The Bertz CT molecular complexity index is 611. The van der Waals surface area contributed by atoms with Crippen LogP contribution in [0.15, 0.2) is 40.8 Å². The third-order valence-corrected chi connectivity index (χ3v) is 3.63. The molecule has 0 atom stereocenters. The molecule has 0 amide bonds. The highest BCUT2D eigenvalue weighted by Gasteiger charge is 2.07. The SMILES string of the molecule is CCOC(=O)Cc1csc(N/N=C\CCc2ccccc2)n1. The molecule has 1 aromatic heterocycles. The summed E-state index contributed by atoms with van der Waals surface area (Å²) in [5.74, 6) is -0.259. The van der Waals surface area contributed by atoms with Gasteiger partial charge < -0.3 is 4.74 Å².